The van der Waals surface area contributed by atoms with Crippen molar-refractivity contribution in [3.05, 3.63) is 47.8 Å². The van der Waals surface area contributed by atoms with Gasteiger partial charge in [0.1, 0.15) is 0 Å². The highest BCUT2D eigenvalue weighted by Gasteiger charge is 2.24. The number of benzene rings is 1. The fraction of sp³-hybridized carbons (Fsp3) is 0.391. The van der Waals surface area contributed by atoms with Crippen LogP contribution in [0.25, 0.3) is 16.4 Å². The van der Waals surface area contributed by atoms with Gasteiger partial charge in [0.25, 0.3) is 0 Å². The van der Waals surface area contributed by atoms with Crippen molar-refractivity contribution in [1.82, 2.24) is 24.6 Å². The van der Waals surface area contributed by atoms with Crippen molar-refractivity contribution in [2.75, 3.05) is 38.5 Å². The lowest BCUT2D eigenvalue weighted by Crippen LogP contribution is -2.50. The van der Waals surface area contributed by atoms with Gasteiger partial charge >= 0.3 is 6.09 Å². The molecule has 0 unspecified atom stereocenters. The van der Waals surface area contributed by atoms with E-state index in [2.05, 4.69) is 14.8 Å². The summed E-state index contributed by atoms with van der Waals surface area (Å²) in [5.41, 5.74) is 1.02. The standard InChI is InChI=1S/C23H27N5O3S2/c1-2-31-23(30)27-14-12-26(13-15-27)20(29)11-7-17-33-22-25-24-21(19-10-6-16-32-19)28(22)18-8-4-3-5-9-18/h3-6,8-10,16H,2,7,11-15,17H2,1H3. The second kappa shape index (κ2) is 11.3. The van der Waals surface area contributed by atoms with Crippen molar-refractivity contribution >= 4 is 35.1 Å². The monoisotopic (exact) mass is 485 g/mol. The first kappa shape index (κ1) is 23.3. The second-order valence-electron chi connectivity index (χ2n) is 7.47. The Morgan fingerprint density at radius 1 is 1.03 bits per heavy atom. The number of thiophene rings is 1. The van der Waals surface area contributed by atoms with Crippen LogP contribution in [-0.2, 0) is 9.53 Å². The number of para-hydroxylation sites is 1. The minimum Gasteiger partial charge on any atom is -0.450 e. The molecule has 3 aromatic rings. The number of hydrogen-bond acceptors (Lipinski definition) is 7. The summed E-state index contributed by atoms with van der Waals surface area (Å²) in [6.07, 6.45) is 0.923. The predicted molar refractivity (Wildman–Crippen MR) is 130 cm³/mol. The van der Waals surface area contributed by atoms with Crippen LogP contribution in [0.3, 0.4) is 0 Å². The van der Waals surface area contributed by atoms with Crippen molar-refractivity contribution in [2.45, 2.75) is 24.9 Å². The van der Waals surface area contributed by atoms with Gasteiger partial charge in [0.2, 0.25) is 5.91 Å². The number of amides is 2. The molecule has 2 amide bonds. The molecule has 174 valence electrons. The third kappa shape index (κ3) is 5.75. The molecular formula is C23H27N5O3S2. The minimum absolute atomic E-state index is 0.128. The molecule has 10 heteroatoms. The average molecular weight is 486 g/mol. The number of thioether (sulfide) groups is 1. The number of nitrogens with zero attached hydrogens (tertiary/aromatic N) is 5. The summed E-state index contributed by atoms with van der Waals surface area (Å²) < 4.78 is 7.11. The lowest BCUT2D eigenvalue weighted by Gasteiger charge is -2.34. The maximum atomic E-state index is 12.6. The molecule has 0 atom stereocenters. The molecule has 1 fully saturated rings. The Labute approximate surface area is 201 Å². The maximum absolute atomic E-state index is 12.6. The van der Waals surface area contributed by atoms with Gasteiger partial charge in [-0.25, -0.2) is 4.79 Å². The first-order chi connectivity index (χ1) is 16.2. The summed E-state index contributed by atoms with van der Waals surface area (Å²) in [7, 11) is 0. The number of carbonyl (C=O) groups is 2. The largest absolute Gasteiger partial charge is 0.450 e. The molecule has 1 aromatic carbocycles. The van der Waals surface area contributed by atoms with Gasteiger partial charge in [-0.2, -0.15) is 0 Å². The summed E-state index contributed by atoms with van der Waals surface area (Å²) in [5.74, 6) is 1.72. The van der Waals surface area contributed by atoms with E-state index in [-0.39, 0.29) is 12.0 Å². The fourth-order valence-corrected chi connectivity index (χ4v) is 5.23. The average Bonchev–Trinajstić information content (AvgIpc) is 3.52. The van der Waals surface area contributed by atoms with Gasteiger partial charge in [-0.3, -0.25) is 9.36 Å². The topological polar surface area (TPSA) is 80.6 Å². The highest BCUT2D eigenvalue weighted by molar-refractivity contribution is 7.99. The van der Waals surface area contributed by atoms with Crippen LogP contribution in [0, 0.1) is 0 Å². The van der Waals surface area contributed by atoms with Crippen molar-refractivity contribution < 1.29 is 14.3 Å². The molecule has 4 rings (SSSR count). The molecule has 33 heavy (non-hydrogen) atoms. The Balaban J connectivity index is 1.31. The highest BCUT2D eigenvalue weighted by atomic mass is 32.2. The van der Waals surface area contributed by atoms with Crippen LogP contribution < -0.4 is 0 Å². The molecule has 8 nitrogen and oxygen atoms in total. The summed E-state index contributed by atoms with van der Waals surface area (Å²) in [6.45, 7) is 4.30. The molecule has 0 bridgehead atoms. The summed E-state index contributed by atoms with van der Waals surface area (Å²) in [5, 5.41) is 11.7. The lowest BCUT2D eigenvalue weighted by atomic mass is 10.2. The molecule has 2 aromatic heterocycles. The van der Waals surface area contributed by atoms with Crippen molar-refractivity contribution in [3.8, 4) is 16.4 Å². The number of rotatable bonds is 8. The Morgan fingerprint density at radius 3 is 2.48 bits per heavy atom. The fourth-order valence-electron chi connectivity index (χ4n) is 3.64. The zero-order valence-electron chi connectivity index (χ0n) is 18.6. The summed E-state index contributed by atoms with van der Waals surface area (Å²) >= 11 is 3.25. The van der Waals surface area contributed by atoms with Gasteiger partial charge in [0, 0.05) is 44.0 Å². The van der Waals surface area contributed by atoms with Crippen molar-refractivity contribution in [3.63, 3.8) is 0 Å². The second-order valence-corrected chi connectivity index (χ2v) is 9.48. The number of piperazine rings is 1. The van der Waals surface area contributed by atoms with Gasteiger partial charge in [-0.15, -0.1) is 21.5 Å². The Hall–Kier alpha value is -2.85. The summed E-state index contributed by atoms with van der Waals surface area (Å²) in [6, 6.07) is 14.1. The molecule has 0 saturated carbocycles. The molecule has 0 N–H and O–H groups in total. The Bertz CT molecular complexity index is 1050. The van der Waals surface area contributed by atoms with Gasteiger partial charge in [-0.05, 0) is 36.9 Å². The van der Waals surface area contributed by atoms with Crippen molar-refractivity contribution in [1.29, 1.82) is 0 Å². The van der Waals surface area contributed by atoms with E-state index in [0.717, 1.165) is 33.7 Å². The van der Waals surface area contributed by atoms with Gasteiger partial charge in [0.15, 0.2) is 11.0 Å². The first-order valence-electron chi connectivity index (χ1n) is 11.0. The number of hydrogen-bond donors (Lipinski definition) is 0. The SMILES string of the molecule is CCOC(=O)N1CCN(C(=O)CCCSc2nnc(-c3cccs3)n2-c2ccccc2)CC1. The Morgan fingerprint density at radius 2 is 1.79 bits per heavy atom. The normalized spacial score (nSPS) is 13.8. The van der Waals surface area contributed by atoms with E-state index in [4.69, 9.17) is 4.74 Å². The molecule has 0 radical (unpaired) electrons. The predicted octanol–water partition coefficient (Wildman–Crippen LogP) is 4.17. The molecule has 1 saturated heterocycles. The van der Waals surface area contributed by atoms with Crippen molar-refractivity contribution in [2.24, 2.45) is 0 Å². The van der Waals surface area contributed by atoms with Crippen LogP contribution >= 0.6 is 23.1 Å². The van der Waals surface area contributed by atoms with E-state index < -0.39 is 0 Å². The zero-order valence-corrected chi connectivity index (χ0v) is 20.2. The molecule has 1 aliphatic rings. The van der Waals surface area contributed by atoms with E-state index in [1.165, 1.54) is 0 Å². The third-order valence-electron chi connectivity index (χ3n) is 5.31. The minimum atomic E-state index is -0.301. The van der Waals surface area contributed by atoms with Crippen LogP contribution in [0.4, 0.5) is 4.79 Å². The number of aromatic nitrogens is 3. The molecule has 1 aliphatic heterocycles. The summed E-state index contributed by atoms with van der Waals surface area (Å²) in [4.78, 5) is 29.0. The van der Waals surface area contributed by atoms with Crippen LogP contribution in [0.15, 0.2) is 53.0 Å². The first-order valence-corrected chi connectivity index (χ1v) is 12.9. The van der Waals surface area contributed by atoms with E-state index in [9.17, 15) is 9.59 Å². The Kier molecular flexibility index (Phi) is 8.01. The van der Waals surface area contributed by atoms with E-state index >= 15 is 0 Å². The lowest BCUT2D eigenvalue weighted by molar-refractivity contribution is -0.132. The van der Waals surface area contributed by atoms with Gasteiger partial charge in [0.05, 0.1) is 11.5 Å². The quantitative estimate of drug-likeness (QED) is 0.352. The maximum Gasteiger partial charge on any atom is 0.409 e. The van der Waals surface area contributed by atoms with E-state index in [0.29, 0.717) is 39.2 Å². The van der Waals surface area contributed by atoms with Crippen LogP contribution in [0.2, 0.25) is 0 Å². The van der Waals surface area contributed by atoms with Crippen LogP contribution in [-0.4, -0.2) is 75.1 Å². The van der Waals surface area contributed by atoms with Gasteiger partial charge in [-0.1, -0.05) is 36.0 Å². The molecule has 0 aliphatic carbocycles. The van der Waals surface area contributed by atoms with Crippen LogP contribution in [0.5, 0.6) is 0 Å². The number of carbonyl (C=O) groups excluding carboxylic acids is 2. The van der Waals surface area contributed by atoms with E-state index in [1.807, 2.05) is 52.7 Å². The molecule has 0 spiro atoms. The molecule has 3 heterocycles. The molecular weight excluding hydrogens is 458 g/mol. The van der Waals surface area contributed by atoms with E-state index in [1.54, 1.807) is 34.9 Å². The number of ether oxygens (including phenoxy) is 1. The zero-order chi connectivity index (χ0) is 23.0. The van der Waals surface area contributed by atoms with Crippen LogP contribution in [0.1, 0.15) is 19.8 Å². The third-order valence-corrected chi connectivity index (χ3v) is 7.19. The van der Waals surface area contributed by atoms with Gasteiger partial charge < -0.3 is 14.5 Å². The highest BCUT2D eigenvalue weighted by Crippen LogP contribution is 2.30. The smallest absolute Gasteiger partial charge is 0.409 e.